The van der Waals surface area contributed by atoms with E-state index in [1.165, 1.54) is 11.3 Å². The van der Waals surface area contributed by atoms with Crippen molar-refractivity contribution in [3.05, 3.63) is 38.1 Å². The van der Waals surface area contributed by atoms with Crippen LogP contribution in [0, 0.1) is 16.7 Å². The smallest absolute Gasteiger partial charge is 0.143 e. The van der Waals surface area contributed by atoms with E-state index in [0.717, 1.165) is 15.8 Å². The highest BCUT2D eigenvalue weighted by Crippen LogP contribution is 2.44. The second-order valence-electron chi connectivity index (χ2n) is 5.47. The van der Waals surface area contributed by atoms with Crippen molar-refractivity contribution in [2.24, 2.45) is 10.7 Å². The summed E-state index contributed by atoms with van der Waals surface area (Å²) < 4.78 is 6.25. The standard InChI is InChI=1S/C17H15BrClN5OS/c18-10-1-2-11(13(19)7-10)14-12(8-20)17(24-3-5-25-6-4-24)26-15(14)16(22)23-9-21/h1-2,7,9H,3-6H2,(H3,21,22,23). The van der Waals surface area contributed by atoms with Crippen LogP contribution in [0.25, 0.3) is 11.1 Å². The normalized spacial score (nSPS) is 15.0. The number of hydrogen-bond donors (Lipinski definition) is 2. The molecule has 1 aromatic heterocycles. The Morgan fingerprint density at radius 3 is 2.81 bits per heavy atom. The first kappa shape index (κ1) is 18.9. The Labute approximate surface area is 168 Å². The predicted molar refractivity (Wildman–Crippen MR) is 110 cm³/mol. The molecule has 134 valence electrons. The number of morpholine rings is 1. The van der Waals surface area contributed by atoms with Gasteiger partial charge in [-0.1, -0.05) is 33.6 Å². The molecule has 3 rings (SSSR count). The second kappa shape index (κ2) is 8.18. The summed E-state index contributed by atoms with van der Waals surface area (Å²) >= 11 is 11.2. The van der Waals surface area contributed by atoms with Gasteiger partial charge in [0.1, 0.15) is 23.2 Å². The van der Waals surface area contributed by atoms with Gasteiger partial charge in [-0.05, 0) is 12.1 Å². The molecule has 0 radical (unpaired) electrons. The van der Waals surface area contributed by atoms with Crippen LogP contribution in [0.5, 0.6) is 0 Å². The number of aliphatic imine (C=N–C) groups is 1. The number of anilines is 1. The summed E-state index contributed by atoms with van der Waals surface area (Å²) in [5.41, 5.74) is 7.97. The fourth-order valence-electron chi connectivity index (χ4n) is 2.77. The van der Waals surface area contributed by atoms with E-state index in [-0.39, 0.29) is 5.84 Å². The molecule has 6 nitrogen and oxygen atoms in total. The summed E-state index contributed by atoms with van der Waals surface area (Å²) in [5, 5.41) is 18.4. The van der Waals surface area contributed by atoms with Crippen LogP contribution in [-0.4, -0.2) is 38.5 Å². The number of amidine groups is 1. The summed E-state index contributed by atoms with van der Waals surface area (Å²) in [4.78, 5) is 6.65. The molecule has 3 N–H and O–H groups in total. The van der Waals surface area contributed by atoms with E-state index in [2.05, 4.69) is 31.9 Å². The maximum Gasteiger partial charge on any atom is 0.143 e. The van der Waals surface area contributed by atoms with Crippen molar-refractivity contribution < 1.29 is 4.74 Å². The van der Waals surface area contributed by atoms with Gasteiger partial charge in [-0.25, -0.2) is 4.99 Å². The highest BCUT2D eigenvalue weighted by Gasteiger charge is 2.27. The molecule has 0 bridgehead atoms. The minimum atomic E-state index is 0.190. The molecule has 1 saturated heterocycles. The lowest BCUT2D eigenvalue weighted by atomic mass is 10.0. The van der Waals surface area contributed by atoms with Crippen molar-refractivity contribution in [2.75, 3.05) is 31.2 Å². The van der Waals surface area contributed by atoms with Crippen LogP contribution in [-0.2, 0) is 4.74 Å². The second-order valence-corrected chi connectivity index (χ2v) is 7.79. The maximum atomic E-state index is 9.88. The summed E-state index contributed by atoms with van der Waals surface area (Å²) in [6.07, 6.45) is 0.891. The molecule has 0 unspecified atom stereocenters. The average Bonchev–Trinajstić information content (AvgIpc) is 3.02. The topological polar surface area (TPSA) is 98.5 Å². The summed E-state index contributed by atoms with van der Waals surface area (Å²) in [5.74, 6) is 0.190. The van der Waals surface area contributed by atoms with Crippen molar-refractivity contribution in [3.63, 3.8) is 0 Å². The Hall–Kier alpha value is -1.92. The van der Waals surface area contributed by atoms with Gasteiger partial charge < -0.3 is 15.4 Å². The zero-order chi connectivity index (χ0) is 18.7. The van der Waals surface area contributed by atoms with E-state index < -0.39 is 0 Å². The SMILES string of the molecule is N#Cc1c(N2CCOCC2)sc(C(N)=NC=N)c1-c1ccc(Br)cc1Cl. The molecule has 0 spiro atoms. The van der Waals surface area contributed by atoms with Crippen LogP contribution in [0.2, 0.25) is 5.02 Å². The summed E-state index contributed by atoms with van der Waals surface area (Å²) in [6.45, 7) is 2.61. The molecule has 0 aliphatic carbocycles. The fraction of sp³-hybridized carbons (Fsp3) is 0.235. The first-order valence-corrected chi connectivity index (χ1v) is 9.73. The Morgan fingerprint density at radius 1 is 1.46 bits per heavy atom. The minimum Gasteiger partial charge on any atom is -0.382 e. The van der Waals surface area contributed by atoms with E-state index in [9.17, 15) is 5.26 Å². The molecule has 1 aliphatic heterocycles. The molecule has 9 heteroatoms. The van der Waals surface area contributed by atoms with Gasteiger partial charge in [0.25, 0.3) is 0 Å². The van der Waals surface area contributed by atoms with Crippen molar-refractivity contribution in [3.8, 4) is 17.2 Å². The minimum absolute atomic E-state index is 0.190. The fourth-order valence-corrected chi connectivity index (χ4v) is 4.76. The van der Waals surface area contributed by atoms with Crippen molar-refractivity contribution in [1.29, 1.82) is 10.7 Å². The Kier molecular flexibility index (Phi) is 5.94. The number of nitrogens with one attached hydrogen (secondary N) is 1. The molecular formula is C17H15BrClN5OS. The van der Waals surface area contributed by atoms with Gasteiger partial charge in [0, 0.05) is 33.7 Å². The molecular weight excluding hydrogens is 438 g/mol. The van der Waals surface area contributed by atoms with Gasteiger partial charge in [0.2, 0.25) is 0 Å². The Morgan fingerprint density at radius 2 is 2.19 bits per heavy atom. The van der Waals surface area contributed by atoms with E-state index in [1.807, 2.05) is 12.1 Å². The lowest BCUT2D eigenvalue weighted by Gasteiger charge is -2.27. The zero-order valence-electron chi connectivity index (χ0n) is 13.6. The summed E-state index contributed by atoms with van der Waals surface area (Å²) in [6, 6.07) is 7.79. The highest BCUT2D eigenvalue weighted by atomic mass is 79.9. The third-order valence-electron chi connectivity index (χ3n) is 3.94. The van der Waals surface area contributed by atoms with Crippen molar-refractivity contribution in [2.45, 2.75) is 0 Å². The lowest BCUT2D eigenvalue weighted by molar-refractivity contribution is 0.123. The van der Waals surface area contributed by atoms with E-state index in [4.69, 9.17) is 27.5 Å². The van der Waals surface area contributed by atoms with Gasteiger partial charge >= 0.3 is 0 Å². The zero-order valence-corrected chi connectivity index (χ0v) is 16.8. The number of benzene rings is 1. The van der Waals surface area contributed by atoms with E-state index >= 15 is 0 Å². The molecule has 1 aliphatic rings. The number of thiophene rings is 1. The van der Waals surface area contributed by atoms with Gasteiger partial charge in [-0.3, -0.25) is 5.41 Å². The largest absolute Gasteiger partial charge is 0.382 e. The molecule has 0 amide bonds. The Bertz CT molecular complexity index is 915. The van der Waals surface area contributed by atoms with E-state index in [1.54, 1.807) is 6.07 Å². The first-order valence-electron chi connectivity index (χ1n) is 7.74. The van der Waals surface area contributed by atoms with E-state index in [0.29, 0.717) is 52.9 Å². The molecule has 0 saturated carbocycles. The Balaban J connectivity index is 2.26. The number of rotatable bonds is 4. The van der Waals surface area contributed by atoms with Gasteiger partial charge in [0.05, 0.1) is 23.7 Å². The third kappa shape index (κ3) is 3.62. The lowest BCUT2D eigenvalue weighted by Crippen LogP contribution is -2.36. The van der Waals surface area contributed by atoms with Crippen molar-refractivity contribution >= 4 is 56.0 Å². The maximum absolute atomic E-state index is 9.88. The molecule has 1 aromatic carbocycles. The predicted octanol–water partition coefficient (Wildman–Crippen LogP) is 3.85. The third-order valence-corrected chi connectivity index (χ3v) is 6.02. The first-order chi connectivity index (χ1) is 12.6. The molecule has 26 heavy (non-hydrogen) atoms. The highest BCUT2D eigenvalue weighted by molar-refractivity contribution is 9.10. The van der Waals surface area contributed by atoms with Crippen LogP contribution < -0.4 is 10.6 Å². The molecule has 2 heterocycles. The number of halogens is 2. The van der Waals surface area contributed by atoms with Crippen LogP contribution in [0.3, 0.4) is 0 Å². The van der Waals surface area contributed by atoms with Gasteiger partial charge in [-0.2, -0.15) is 5.26 Å². The quantitative estimate of drug-likeness (QED) is 0.543. The number of nitriles is 1. The van der Waals surface area contributed by atoms with Gasteiger partial charge in [0.15, 0.2) is 0 Å². The van der Waals surface area contributed by atoms with Crippen molar-refractivity contribution in [1.82, 2.24) is 0 Å². The average molecular weight is 453 g/mol. The van der Waals surface area contributed by atoms with Gasteiger partial charge in [-0.15, -0.1) is 11.3 Å². The van der Waals surface area contributed by atoms with Crippen LogP contribution in [0.1, 0.15) is 10.4 Å². The monoisotopic (exact) mass is 451 g/mol. The molecule has 1 fully saturated rings. The number of ether oxygens (including phenoxy) is 1. The number of hydrogen-bond acceptors (Lipinski definition) is 5. The number of nitrogens with two attached hydrogens (primary N) is 1. The number of nitrogens with zero attached hydrogens (tertiary/aromatic N) is 3. The van der Waals surface area contributed by atoms with Crippen LogP contribution >= 0.6 is 38.9 Å². The molecule has 2 aromatic rings. The molecule has 0 atom stereocenters. The van der Waals surface area contributed by atoms with Crippen LogP contribution in [0.4, 0.5) is 5.00 Å². The van der Waals surface area contributed by atoms with Crippen LogP contribution in [0.15, 0.2) is 27.7 Å². The summed E-state index contributed by atoms with van der Waals surface area (Å²) in [7, 11) is 0.